The second-order valence-electron chi connectivity index (χ2n) is 17.6. The lowest BCUT2D eigenvalue weighted by Gasteiger charge is -2.58. The fourth-order valence-corrected chi connectivity index (χ4v) is 11.9. The van der Waals surface area contributed by atoms with Gasteiger partial charge in [0.05, 0.1) is 5.39 Å². The van der Waals surface area contributed by atoms with E-state index in [0.717, 1.165) is 103 Å². The Hall–Kier alpha value is -2.56. The van der Waals surface area contributed by atoms with E-state index in [1.807, 2.05) is 19.1 Å². The van der Waals surface area contributed by atoms with Crippen LogP contribution in [0.25, 0.3) is 11.0 Å². The smallest absolute Gasteiger partial charge is 0.344 e. The van der Waals surface area contributed by atoms with Crippen LogP contribution < -0.4 is 10.4 Å². The van der Waals surface area contributed by atoms with E-state index >= 15 is 0 Å². The average Bonchev–Trinajstić information content (AvgIpc) is 3.41. The summed E-state index contributed by atoms with van der Waals surface area (Å²) in [5.41, 5.74) is 5.31. The quantitative estimate of drug-likeness (QED) is 0.153. The number of carbonyl (C=O) groups excluding carboxylic acids is 1. The number of hydrogen-bond donors (Lipinski definition) is 0. The summed E-state index contributed by atoms with van der Waals surface area (Å²) in [7, 11) is 0. The number of aryl methyl sites for hydroxylation is 2. The van der Waals surface area contributed by atoms with Crippen molar-refractivity contribution in [1.29, 1.82) is 0 Å². The highest BCUT2D eigenvalue weighted by Gasteiger charge is 2.59. The number of esters is 1. The van der Waals surface area contributed by atoms with Crippen molar-refractivity contribution in [3.05, 3.63) is 50.9 Å². The molecule has 0 amide bonds. The molecule has 2 aromatic rings. The Morgan fingerprint density at radius 2 is 1.77 bits per heavy atom. The van der Waals surface area contributed by atoms with Crippen LogP contribution in [0.1, 0.15) is 135 Å². The van der Waals surface area contributed by atoms with Gasteiger partial charge < -0.3 is 13.9 Å². The number of fused-ring (bicyclic) bond motifs is 8. The van der Waals surface area contributed by atoms with Gasteiger partial charge in [0.2, 0.25) is 0 Å². The molecule has 7 rings (SSSR count). The van der Waals surface area contributed by atoms with Crippen LogP contribution in [-0.4, -0.2) is 18.7 Å². The van der Waals surface area contributed by atoms with Gasteiger partial charge in [-0.25, -0.2) is 9.59 Å². The minimum absolute atomic E-state index is 0.0894. The van der Waals surface area contributed by atoms with Gasteiger partial charge in [0.15, 0.2) is 6.61 Å². The number of allylic oxidation sites excluding steroid dienone is 1. The minimum Gasteiger partial charge on any atom is -0.481 e. The molecule has 3 saturated carbocycles. The Bertz CT molecular complexity index is 1610. The Morgan fingerprint density at radius 1 is 0.979 bits per heavy atom. The van der Waals surface area contributed by atoms with Crippen LogP contribution in [0.4, 0.5) is 0 Å². The van der Waals surface area contributed by atoms with Gasteiger partial charge in [0, 0.05) is 12.0 Å². The summed E-state index contributed by atoms with van der Waals surface area (Å²) >= 11 is 0. The maximum absolute atomic E-state index is 13.2. The Labute approximate surface area is 288 Å². The highest BCUT2D eigenvalue weighted by molar-refractivity contribution is 5.89. The molecule has 0 N–H and O–H groups in total. The topological polar surface area (TPSA) is 65.7 Å². The molecule has 1 heterocycles. The van der Waals surface area contributed by atoms with Crippen molar-refractivity contribution in [3.63, 3.8) is 0 Å². The van der Waals surface area contributed by atoms with E-state index in [9.17, 15) is 9.59 Å². The van der Waals surface area contributed by atoms with Crippen LogP contribution in [0.2, 0.25) is 0 Å². The zero-order valence-electron chi connectivity index (χ0n) is 30.6. The van der Waals surface area contributed by atoms with Crippen LogP contribution in [0.3, 0.4) is 0 Å². The van der Waals surface area contributed by atoms with Crippen LogP contribution >= 0.6 is 0 Å². The normalized spacial score (nSPS) is 33.3. The molecule has 1 aromatic carbocycles. The maximum Gasteiger partial charge on any atom is 0.344 e. The number of benzene rings is 1. The molecule has 3 fully saturated rings. The van der Waals surface area contributed by atoms with Gasteiger partial charge in [-0.1, -0.05) is 65.5 Å². The first-order valence-corrected chi connectivity index (χ1v) is 19.6. The van der Waals surface area contributed by atoms with Gasteiger partial charge in [0.25, 0.3) is 0 Å². The Kier molecular flexibility index (Phi) is 9.39. The second-order valence-corrected chi connectivity index (χ2v) is 17.6. The predicted molar refractivity (Wildman–Crippen MR) is 192 cm³/mol. The molecule has 5 nitrogen and oxygen atoms in total. The molecule has 5 heteroatoms. The molecule has 8 atom stereocenters. The SMILES string of the molecule is Cc1cc(OCC(=O)O[C@H]2CC[C@@]3(C)C(=CC[C@H]4[C@@H]5CC[C@H]([C@H](C)CCCC(C)C)[C@@]5(C)CC[C@@H]43)C2)c2c3c(c(=O)oc2c1)CCCC3. The molecule has 0 bridgehead atoms. The van der Waals surface area contributed by atoms with E-state index in [2.05, 4.69) is 40.7 Å². The van der Waals surface area contributed by atoms with E-state index in [1.54, 1.807) is 5.57 Å². The van der Waals surface area contributed by atoms with Crippen LogP contribution in [0, 0.1) is 53.3 Å². The maximum atomic E-state index is 13.2. The molecular weight excluding hydrogens is 596 g/mol. The second kappa shape index (κ2) is 13.3. The third kappa shape index (κ3) is 6.08. The fraction of sp³-hybridized carbons (Fsp3) is 0.721. The van der Waals surface area contributed by atoms with Gasteiger partial charge in [-0.2, -0.15) is 0 Å². The molecule has 0 unspecified atom stereocenters. The third-order valence-electron chi connectivity index (χ3n) is 14.3. The van der Waals surface area contributed by atoms with E-state index in [0.29, 0.717) is 16.7 Å². The largest absolute Gasteiger partial charge is 0.481 e. The summed E-state index contributed by atoms with van der Waals surface area (Å²) in [4.78, 5) is 25.9. The number of carbonyl (C=O) groups is 1. The van der Waals surface area contributed by atoms with Crippen molar-refractivity contribution < 1.29 is 18.7 Å². The van der Waals surface area contributed by atoms with E-state index in [1.165, 1.54) is 51.4 Å². The molecule has 0 spiro atoms. The van der Waals surface area contributed by atoms with Gasteiger partial charge in [-0.3, -0.25) is 0 Å². The van der Waals surface area contributed by atoms with E-state index in [-0.39, 0.29) is 29.7 Å². The molecule has 0 radical (unpaired) electrons. The number of rotatable bonds is 9. The van der Waals surface area contributed by atoms with Gasteiger partial charge in [-0.15, -0.1) is 0 Å². The summed E-state index contributed by atoms with van der Waals surface area (Å²) in [5, 5.41) is 0.843. The highest BCUT2D eigenvalue weighted by atomic mass is 16.6. The molecular formula is C43H60O5. The van der Waals surface area contributed by atoms with Gasteiger partial charge in [0.1, 0.15) is 17.4 Å². The monoisotopic (exact) mass is 656 g/mol. The fourth-order valence-electron chi connectivity index (χ4n) is 11.9. The standard InChI is InChI=1S/C43H60O5/c1-26(2)10-9-11-28(4)34-16-17-35-33-15-14-29-24-30(18-20-42(29,5)36(33)19-21-43(34,35)6)47-39(44)25-46-37-22-27(3)23-38-40(37)31-12-7-8-13-32(31)41(45)48-38/h14,22-23,26,28,30,33-36H,7-13,15-21,24-25H2,1-6H3/t28-,30+,33+,34-,35+,36+,42+,43-/m1/s1. The zero-order valence-corrected chi connectivity index (χ0v) is 30.6. The molecule has 5 aliphatic carbocycles. The first kappa shape index (κ1) is 33.9. The minimum atomic E-state index is -0.313. The summed E-state index contributed by atoms with van der Waals surface area (Å²) in [6.07, 6.45) is 19.9. The summed E-state index contributed by atoms with van der Waals surface area (Å²) in [6, 6.07) is 3.85. The van der Waals surface area contributed by atoms with Gasteiger partial charge >= 0.3 is 11.6 Å². The van der Waals surface area contributed by atoms with Crippen molar-refractivity contribution in [2.45, 2.75) is 144 Å². The van der Waals surface area contributed by atoms with Crippen molar-refractivity contribution >= 4 is 16.9 Å². The predicted octanol–water partition coefficient (Wildman–Crippen LogP) is 10.3. The summed E-state index contributed by atoms with van der Waals surface area (Å²) in [5.74, 6) is 5.25. The lowest BCUT2D eigenvalue weighted by molar-refractivity contribution is -0.153. The summed E-state index contributed by atoms with van der Waals surface area (Å²) in [6.45, 7) is 14.3. The molecule has 0 saturated heterocycles. The Balaban J connectivity index is 0.991. The van der Waals surface area contributed by atoms with E-state index < -0.39 is 0 Å². The Morgan fingerprint density at radius 3 is 2.56 bits per heavy atom. The molecule has 48 heavy (non-hydrogen) atoms. The number of ether oxygens (including phenoxy) is 2. The van der Waals surface area contributed by atoms with Gasteiger partial charge in [-0.05, 0) is 147 Å². The van der Waals surface area contributed by atoms with Crippen molar-refractivity contribution in [2.24, 2.45) is 46.3 Å². The third-order valence-corrected chi connectivity index (χ3v) is 14.3. The van der Waals surface area contributed by atoms with Crippen LogP contribution in [0.5, 0.6) is 5.75 Å². The van der Waals surface area contributed by atoms with Crippen LogP contribution in [0.15, 0.2) is 33.0 Å². The first-order chi connectivity index (χ1) is 23.0. The summed E-state index contributed by atoms with van der Waals surface area (Å²) < 4.78 is 18.0. The van der Waals surface area contributed by atoms with Crippen molar-refractivity contribution in [3.8, 4) is 5.75 Å². The van der Waals surface area contributed by atoms with Crippen molar-refractivity contribution in [2.75, 3.05) is 6.61 Å². The molecule has 5 aliphatic rings. The molecule has 0 aliphatic heterocycles. The highest BCUT2D eigenvalue weighted by Crippen LogP contribution is 2.67. The molecule has 1 aromatic heterocycles. The first-order valence-electron chi connectivity index (χ1n) is 19.6. The molecule has 262 valence electrons. The number of hydrogen-bond acceptors (Lipinski definition) is 5. The van der Waals surface area contributed by atoms with Crippen LogP contribution in [-0.2, 0) is 22.4 Å². The lowest BCUT2D eigenvalue weighted by Crippen LogP contribution is -2.51. The average molecular weight is 657 g/mol. The van der Waals surface area contributed by atoms with Crippen molar-refractivity contribution in [1.82, 2.24) is 0 Å². The zero-order chi connectivity index (χ0) is 33.8. The van der Waals surface area contributed by atoms with E-state index in [4.69, 9.17) is 13.9 Å². The lowest BCUT2D eigenvalue weighted by atomic mass is 9.47.